The summed E-state index contributed by atoms with van der Waals surface area (Å²) in [6.45, 7) is 4.08. The van der Waals surface area contributed by atoms with Crippen LogP contribution in [0.5, 0.6) is 0 Å². The van der Waals surface area contributed by atoms with Gasteiger partial charge in [0.05, 0.1) is 4.08 Å². The van der Waals surface area contributed by atoms with E-state index in [1.807, 2.05) is 61.6 Å². The minimum Gasteiger partial charge on any atom is -0.455 e. The summed E-state index contributed by atoms with van der Waals surface area (Å²) in [4.78, 5) is 12.7. The van der Waals surface area contributed by atoms with E-state index in [1.165, 1.54) is 29.1 Å². The Balaban J connectivity index is 1.66. The number of fused-ring (bicyclic) bond motifs is 2. The summed E-state index contributed by atoms with van der Waals surface area (Å²) in [6.07, 6.45) is 3.25. The van der Waals surface area contributed by atoms with E-state index in [4.69, 9.17) is 4.42 Å². The summed E-state index contributed by atoms with van der Waals surface area (Å²) < 4.78 is 6.16. The average molecular weight is 360 g/mol. The number of nitrogens with one attached hydrogen (secondary N) is 1. The summed E-state index contributed by atoms with van der Waals surface area (Å²) in [6, 6.07) is 7.85. The van der Waals surface area contributed by atoms with E-state index in [-0.39, 0.29) is 9.99 Å². The van der Waals surface area contributed by atoms with Gasteiger partial charge in [0.1, 0.15) is 5.76 Å². The van der Waals surface area contributed by atoms with Crippen molar-refractivity contribution in [2.75, 3.05) is 16.8 Å². The molecule has 1 aromatic heterocycles. The quantitative estimate of drug-likeness (QED) is 0.808. The molecule has 1 fully saturated rings. The molecule has 2 heterocycles. The lowest BCUT2D eigenvalue weighted by molar-refractivity contribution is 0.0994. The number of thioether (sulfide) groups is 2. The third kappa shape index (κ3) is 2.68. The number of aryl methyl sites for hydroxylation is 2. The Labute approximate surface area is 151 Å². The number of carbonyl (C=O) groups excluding carboxylic acids is 1. The number of hydrogen-bond acceptors (Lipinski definition) is 4. The van der Waals surface area contributed by atoms with E-state index in [1.54, 1.807) is 0 Å². The second-order valence-electron chi connectivity index (χ2n) is 6.48. The van der Waals surface area contributed by atoms with Gasteiger partial charge in [-0.3, -0.25) is 4.79 Å². The molecule has 1 N–H and O–H groups in total. The van der Waals surface area contributed by atoms with Crippen molar-refractivity contribution < 1.29 is 9.21 Å². The predicted molar refractivity (Wildman–Crippen MR) is 102 cm³/mol. The molecule has 1 aliphatic carbocycles. The fraction of sp³-hybridized carbons (Fsp3) is 0.421. The fourth-order valence-electron chi connectivity index (χ4n) is 3.64. The zero-order chi connectivity index (χ0) is 16.7. The van der Waals surface area contributed by atoms with Gasteiger partial charge in [-0.15, -0.1) is 23.5 Å². The summed E-state index contributed by atoms with van der Waals surface area (Å²) in [5.74, 6) is 3.72. The number of benzene rings is 1. The Kier molecular flexibility index (Phi) is 4.17. The molecule has 1 saturated heterocycles. The van der Waals surface area contributed by atoms with Gasteiger partial charge in [0, 0.05) is 34.7 Å². The minimum absolute atomic E-state index is 0.115. The molecule has 126 valence electrons. The van der Waals surface area contributed by atoms with Crippen molar-refractivity contribution in [1.82, 2.24) is 0 Å². The molecule has 2 aromatic rings. The van der Waals surface area contributed by atoms with E-state index >= 15 is 0 Å². The Bertz CT molecular complexity index is 773. The molecule has 24 heavy (non-hydrogen) atoms. The topological polar surface area (TPSA) is 42.2 Å². The Hall–Kier alpha value is -1.33. The highest BCUT2D eigenvalue weighted by Gasteiger charge is 2.45. The average Bonchev–Trinajstić information content (AvgIpc) is 3.16. The summed E-state index contributed by atoms with van der Waals surface area (Å²) in [5.41, 5.74) is 4.29. The first-order valence-electron chi connectivity index (χ1n) is 8.38. The minimum atomic E-state index is -0.145. The highest BCUT2D eigenvalue weighted by molar-refractivity contribution is 8.20. The van der Waals surface area contributed by atoms with Crippen LogP contribution in [-0.2, 0) is 10.5 Å². The maximum absolute atomic E-state index is 12.7. The first-order valence-corrected chi connectivity index (χ1v) is 10.3. The number of anilines is 1. The van der Waals surface area contributed by atoms with Crippen LogP contribution in [0.2, 0.25) is 0 Å². The lowest BCUT2D eigenvalue weighted by Crippen LogP contribution is -2.21. The number of rotatable bonds is 2. The van der Waals surface area contributed by atoms with Gasteiger partial charge < -0.3 is 9.73 Å². The van der Waals surface area contributed by atoms with Crippen LogP contribution in [0, 0.1) is 13.8 Å². The van der Waals surface area contributed by atoms with Gasteiger partial charge >= 0.3 is 0 Å². The number of amides is 1. The van der Waals surface area contributed by atoms with Gasteiger partial charge in [0.15, 0.2) is 5.76 Å². The van der Waals surface area contributed by atoms with Crippen LogP contribution < -0.4 is 5.32 Å². The SMILES string of the molecule is Cc1ccc(NC(=O)c2oc3c(c2C)C2(CCC3)SCCS2)cc1. The molecule has 1 aliphatic heterocycles. The summed E-state index contributed by atoms with van der Waals surface area (Å²) >= 11 is 4.05. The molecular weight excluding hydrogens is 338 g/mol. The van der Waals surface area contributed by atoms with E-state index in [0.29, 0.717) is 5.76 Å². The van der Waals surface area contributed by atoms with Crippen LogP contribution >= 0.6 is 23.5 Å². The molecule has 0 saturated carbocycles. The van der Waals surface area contributed by atoms with Crippen molar-refractivity contribution >= 4 is 35.1 Å². The van der Waals surface area contributed by atoms with Crippen molar-refractivity contribution in [3.63, 3.8) is 0 Å². The first kappa shape index (κ1) is 16.2. The zero-order valence-corrected chi connectivity index (χ0v) is 15.6. The molecule has 4 rings (SSSR count). The van der Waals surface area contributed by atoms with Crippen LogP contribution in [0.15, 0.2) is 28.7 Å². The standard InChI is InChI=1S/C19H21NO2S2/c1-12-5-7-14(8-6-12)20-18(21)17-13(2)16-15(22-17)4-3-9-19(16)23-10-11-24-19/h5-8H,3-4,9-11H2,1-2H3,(H,20,21). The van der Waals surface area contributed by atoms with Gasteiger partial charge in [-0.1, -0.05) is 17.7 Å². The normalized spacial score (nSPS) is 18.6. The van der Waals surface area contributed by atoms with Crippen LogP contribution in [0.1, 0.15) is 45.8 Å². The van der Waals surface area contributed by atoms with Crippen molar-refractivity contribution in [3.05, 3.63) is 52.5 Å². The second-order valence-corrected chi connectivity index (χ2v) is 9.52. The molecule has 3 nitrogen and oxygen atoms in total. The molecule has 0 unspecified atom stereocenters. The van der Waals surface area contributed by atoms with Gasteiger partial charge in [-0.2, -0.15) is 0 Å². The third-order valence-electron chi connectivity index (χ3n) is 4.78. The Morgan fingerprint density at radius 2 is 1.88 bits per heavy atom. The Morgan fingerprint density at radius 3 is 2.58 bits per heavy atom. The summed E-state index contributed by atoms with van der Waals surface area (Å²) in [5, 5.41) is 2.97. The van der Waals surface area contributed by atoms with Gasteiger partial charge in [-0.05, 0) is 38.8 Å². The van der Waals surface area contributed by atoms with Crippen LogP contribution in [0.3, 0.4) is 0 Å². The zero-order valence-electron chi connectivity index (χ0n) is 14.0. The van der Waals surface area contributed by atoms with E-state index in [2.05, 4.69) is 5.32 Å². The number of furan rings is 1. The second kappa shape index (κ2) is 6.19. The number of hydrogen-bond donors (Lipinski definition) is 1. The molecule has 2 aliphatic rings. The number of carbonyl (C=O) groups is 1. The van der Waals surface area contributed by atoms with Gasteiger partial charge in [0.25, 0.3) is 5.91 Å². The molecule has 1 amide bonds. The molecule has 1 spiro atoms. The van der Waals surface area contributed by atoms with Gasteiger partial charge in [0.2, 0.25) is 0 Å². The van der Waals surface area contributed by atoms with Crippen LogP contribution in [0.4, 0.5) is 5.69 Å². The van der Waals surface area contributed by atoms with Crippen molar-refractivity contribution in [2.24, 2.45) is 0 Å². The maximum atomic E-state index is 12.7. The predicted octanol–water partition coefficient (Wildman–Crippen LogP) is 5.12. The highest BCUT2D eigenvalue weighted by Crippen LogP contribution is 2.59. The molecule has 0 radical (unpaired) electrons. The van der Waals surface area contributed by atoms with Gasteiger partial charge in [-0.25, -0.2) is 0 Å². The lowest BCUT2D eigenvalue weighted by atomic mass is 9.94. The molecule has 5 heteroatoms. The fourth-order valence-corrected chi connectivity index (χ4v) is 7.20. The smallest absolute Gasteiger partial charge is 0.291 e. The monoisotopic (exact) mass is 359 g/mol. The largest absolute Gasteiger partial charge is 0.455 e. The van der Waals surface area contributed by atoms with E-state index in [0.717, 1.165) is 29.9 Å². The summed E-state index contributed by atoms with van der Waals surface area (Å²) in [7, 11) is 0. The first-order chi connectivity index (χ1) is 11.6. The van der Waals surface area contributed by atoms with Crippen molar-refractivity contribution in [3.8, 4) is 0 Å². The molecular formula is C19H21NO2S2. The van der Waals surface area contributed by atoms with E-state index in [9.17, 15) is 4.79 Å². The van der Waals surface area contributed by atoms with Crippen molar-refractivity contribution in [1.29, 1.82) is 0 Å². The molecule has 0 atom stereocenters. The van der Waals surface area contributed by atoms with E-state index < -0.39 is 0 Å². The molecule has 0 bridgehead atoms. The highest BCUT2D eigenvalue weighted by atomic mass is 32.2. The maximum Gasteiger partial charge on any atom is 0.291 e. The van der Waals surface area contributed by atoms with Crippen LogP contribution in [-0.4, -0.2) is 17.4 Å². The van der Waals surface area contributed by atoms with Crippen molar-refractivity contribution in [2.45, 2.75) is 37.2 Å². The Morgan fingerprint density at radius 1 is 1.17 bits per heavy atom. The molecule has 1 aromatic carbocycles. The third-order valence-corrected chi connectivity index (χ3v) is 8.31. The lowest BCUT2D eigenvalue weighted by Gasteiger charge is -2.31. The van der Waals surface area contributed by atoms with Crippen LogP contribution in [0.25, 0.3) is 0 Å².